The van der Waals surface area contributed by atoms with Crippen molar-refractivity contribution in [1.82, 2.24) is 20.1 Å². The maximum Gasteiger partial charge on any atom is 0.252 e. The van der Waals surface area contributed by atoms with Crippen molar-refractivity contribution in [2.24, 2.45) is 0 Å². The van der Waals surface area contributed by atoms with E-state index in [4.69, 9.17) is 0 Å². The monoisotopic (exact) mass is 437 g/mol. The number of hydrogen-bond donors (Lipinski definition) is 2. The Hall–Kier alpha value is -3.13. The van der Waals surface area contributed by atoms with Gasteiger partial charge in [-0.25, -0.2) is 0 Å². The van der Waals surface area contributed by atoms with Crippen molar-refractivity contribution in [1.29, 1.82) is 0 Å². The number of nitrogens with zero attached hydrogens (tertiary/aromatic N) is 3. The molecule has 0 aliphatic carbocycles. The molecule has 0 spiro atoms. The Kier molecular flexibility index (Phi) is 7.46. The maximum absolute atomic E-state index is 12.6. The number of hydrogen-bond acceptors (Lipinski definition) is 5. The van der Waals surface area contributed by atoms with Gasteiger partial charge in [0, 0.05) is 17.8 Å². The highest BCUT2D eigenvalue weighted by Crippen LogP contribution is 2.21. The fourth-order valence-electron chi connectivity index (χ4n) is 3.24. The van der Waals surface area contributed by atoms with E-state index < -0.39 is 0 Å². The summed E-state index contributed by atoms with van der Waals surface area (Å²) in [5.74, 6) is 0.619. The molecule has 0 saturated carbocycles. The third kappa shape index (κ3) is 5.73. The molecular formula is C23H27N5O2S. The van der Waals surface area contributed by atoms with Crippen molar-refractivity contribution in [2.75, 3.05) is 11.1 Å². The summed E-state index contributed by atoms with van der Waals surface area (Å²) in [6, 6.07) is 14.8. The number of nitrogens with one attached hydrogen (secondary N) is 2. The molecule has 2 amide bonds. The van der Waals surface area contributed by atoms with Gasteiger partial charge in [0.2, 0.25) is 5.91 Å². The molecule has 0 aliphatic heterocycles. The van der Waals surface area contributed by atoms with Crippen LogP contribution in [0.5, 0.6) is 0 Å². The van der Waals surface area contributed by atoms with Crippen LogP contribution in [0.3, 0.4) is 0 Å². The Morgan fingerprint density at radius 3 is 2.58 bits per heavy atom. The highest BCUT2D eigenvalue weighted by molar-refractivity contribution is 7.99. The van der Waals surface area contributed by atoms with Gasteiger partial charge in [0.1, 0.15) is 0 Å². The lowest BCUT2D eigenvalue weighted by Gasteiger charge is -2.16. The maximum atomic E-state index is 12.6. The topological polar surface area (TPSA) is 88.9 Å². The normalized spacial score (nSPS) is 11.7. The van der Waals surface area contributed by atoms with E-state index in [1.165, 1.54) is 11.8 Å². The Morgan fingerprint density at radius 1 is 1.10 bits per heavy atom. The lowest BCUT2D eigenvalue weighted by molar-refractivity contribution is -0.113. The van der Waals surface area contributed by atoms with E-state index in [0.717, 1.165) is 16.8 Å². The van der Waals surface area contributed by atoms with E-state index >= 15 is 0 Å². The van der Waals surface area contributed by atoms with E-state index in [0.29, 0.717) is 23.1 Å². The van der Waals surface area contributed by atoms with Gasteiger partial charge in [-0.05, 0) is 57.0 Å². The van der Waals surface area contributed by atoms with Gasteiger partial charge in [-0.15, -0.1) is 10.2 Å². The quantitative estimate of drug-likeness (QED) is 0.517. The van der Waals surface area contributed by atoms with Crippen molar-refractivity contribution in [3.05, 3.63) is 71.0 Å². The molecule has 1 heterocycles. The van der Waals surface area contributed by atoms with Crippen molar-refractivity contribution in [3.63, 3.8) is 0 Å². The highest BCUT2D eigenvalue weighted by atomic mass is 32.2. The average molecular weight is 438 g/mol. The second kappa shape index (κ2) is 10.3. The Bertz CT molecular complexity index is 1080. The standard InChI is InChI=1S/C23H27N5O2S/c1-5-28-21(17(4)24-22(30)19-12-7-6-10-16(19)3)26-27-23(28)31-14-20(29)25-18-11-8-9-15(2)13-18/h6-13,17H,5,14H2,1-4H3,(H,24,30)(H,25,29)/t17-/m1/s1. The smallest absolute Gasteiger partial charge is 0.252 e. The SMILES string of the molecule is CCn1c(SCC(=O)Nc2cccc(C)c2)nnc1[C@@H](C)NC(=O)c1ccccc1C. The summed E-state index contributed by atoms with van der Waals surface area (Å²) in [6.07, 6.45) is 0. The largest absolute Gasteiger partial charge is 0.342 e. The Labute approximate surface area is 186 Å². The molecular weight excluding hydrogens is 410 g/mol. The van der Waals surface area contributed by atoms with E-state index in [2.05, 4.69) is 20.8 Å². The lowest BCUT2D eigenvalue weighted by atomic mass is 10.1. The van der Waals surface area contributed by atoms with Crippen LogP contribution in [-0.4, -0.2) is 32.3 Å². The first-order valence-electron chi connectivity index (χ1n) is 10.2. The minimum atomic E-state index is -0.324. The van der Waals surface area contributed by atoms with Crippen molar-refractivity contribution in [2.45, 2.75) is 45.4 Å². The number of rotatable bonds is 8. The molecule has 162 valence electrons. The van der Waals surface area contributed by atoms with Crippen molar-refractivity contribution in [3.8, 4) is 0 Å². The molecule has 3 rings (SSSR count). The molecule has 1 atom stereocenters. The molecule has 0 aliphatic rings. The zero-order valence-electron chi connectivity index (χ0n) is 18.2. The van der Waals surface area contributed by atoms with Gasteiger partial charge in [-0.1, -0.05) is 42.1 Å². The molecule has 0 fully saturated rings. The third-order valence-corrected chi connectivity index (χ3v) is 5.79. The highest BCUT2D eigenvalue weighted by Gasteiger charge is 2.20. The van der Waals surface area contributed by atoms with Gasteiger partial charge in [0.05, 0.1) is 11.8 Å². The first kappa shape index (κ1) is 22.6. The molecule has 0 saturated heterocycles. The number of aryl methyl sites for hydroxylation is 2. The number of carbonyl (C=O) groups is 2. The number of aromatic nitrogens is 3. The second-order valence-electron chi connectivity index (χ2n) is 7.30. The molecule has 2 N–H and O–H groups in total. The van der Waals surface area contributed by atoms with Gasteiger partial charge >= 0.3 is 0 Å². The first-order chi connectivity index (χ1) is 14.9. The molecule has 7 nitrogen and oxygen atoms in total. The fourth-order valence-corrected chi connectivity index (χ4v) is 4.05. The minimum absolute atomic E-state index is 0.108. The predicted molar refractivity (Wildman–Crippen MR) is 123 cm³/mol. The van der Waals surface area contributed by atoms with Gasteiger partial charge in [0.15, 0.2) is 11.0 Å². The lowest BCUT2D eigenvalue weighted by Crippen LogP contribution is -2.29. The Balaban J connectivity index is 1.63. The summed E-state index contributed by atoms with van der Waals surface area (Å²) in [7, 11) is 0. The summed E-state index contributed by atoms with van der Waals surface area (Å²) in [5, 5.41) is 15.1. The molecule has 31 heavy (non-hydrogen) atoms. The minimum Gasteiger partial charge on any atom is -0.342 e. The molecule has 3 aromatic rings. The summed E-state index contributed by atoms with van der Waals surface area (Å²) < 4.78 is 1.92. The zero-order valence-corrected chi connectivity index (χ0v) is 19.0. The Morgan fingerprint density at radius 2 is 1.87 bits per heavy atom. The molecule has 8 heteroatoms. The van der Waals surface area contributed by atoms with Crippen molar-refractivity contribution >= 4 is 29.3 Å². The number of benzene rings is 2. The van der Waals surface area contributed by atoms with Crippen molar-refractivity contribution < 1.29 is 9.59 Å². The van der Waals surface area contributed by atoms with E-state index in [9.17, 15) is 9.59 Å². The van der Waals surface area contributed by atoms with Crippen LogP contribution < -0.4 is 10.6 Å². The summed E-state index contributed by atoms with van der Waals surface area (Å²) in [4.78, 5) is 25.0. The molecule has 2 aromatic carbocycles. The van der Waals surface area contributed by atoms with Gasteiger partial charge in [0.25, 0.3) is 5.91 Å². The second-order valence-corrected chi connectivity index (χ2v) is 8.24. The molecule has 0 bridgehead atoms. The number of carbonyl (C=O) groups excluding carboxylic acids is 2. The molecule has 0 radical (unpaired) electrons. The van der Waals surface area contributed by atoms with Crippen LogP contribution in [-0.2, 0) is 11.3 Å². The average Bonchev–Trinajstić information content (AvgIpc) is 3.15. The van der Waals surface area contributed by atoms with Gasteiger partial charge < -0.3 is 15.2 Å². The van der Waals surface area contributed by atoms with E-state index in [1.807, 2.05) is 74.7 Å². The first-order valence-corrected chi connectivity index (χ1v) is 11.2. The summed E-state index contributed by atoms with van der Waals surface area (Å²) >= 11 is 1.32. The molecule has 0 unspecified atom stereocenters. The van der Waals surface area contributed by atoms with E-state index in [1.54, 1.807) is 6.07 Å². The van der Waals surface area contributed by atoms with Crippen LogP contribution in [0, 0.1) is 13.8 Å². The predicted octanol–water partition coefficient (Wildman–Crippen LogP) is 4.14. The van der Waals surface area contributed by atoms with E-state index in [-0.39, 0.29) is 23.6 Å². The summed E-state index contributed by atoms with van der Waals surface area (Å²) in [6.45, 7) is 8.39. The van der Waals surface area contributed by atoms with Gasteiger partial charge in [-0.3, -0.25) is 9.59 Å². The van der Waals surface area contributed by atoms with Gasteiger partial charge in [-0.2, -0.15) is 0 Å². The van der Waals surface area contributed by atoms with Crippen LogP contribution in [0.4, 0.5) is 5.69 Å². The van der Waals surface area contributed by atoms with Crippen LogP contribution >= 0.6 is 11.8 Å². The van der Waals surface area contributed by atoms with Crippen LogP contribution in [0.1, 0.15) is 47.2 Å². The van der Waals surface area contributed by atoms with Crippen LogP contribution in [0.15, 0.2) is 53.7 Å². The number of anilines is 1. The fraction of sp³-hybridized carbons (Fsp3) is 0.304. The zero-order chi connectivity index (χ0) is 22.4. The number of amides is 2. The van der Waals surface area contributed by atoms with Crippen LogP contribution in [0.25, 0.3) is 0 Å². The summed E-state index contributed by atoms with van der Waals surface area (Å²) in [5.41, 5.74) is 3.41. The molecule has 1 aromatic heterocycles. The third-order valence-electron chi connectivity index (χ3n) is 4.82. The number of thioether (sulfide) groups is 1. The van der Waals surface area contributed by atoms with Crippen LogP contribution in [0.2, 0.25) is 0 Å².